The van der Waals surface area contributed by atoms with Crippen molar-refractivity contribution in [3.8, 4) is 0 Å². The first kappa shape index (κ1) is 15.5. The molecule has 1 unspecified atom stereocenters. The first-order valence-corrected chi connectivity index (χ1v) is 8.18. The van der Waals surface area contributed by atoms with Gasteiger partial charge in [0.2, 0.25) is 0 Å². The van der Waals surface area contributed by atoms with Crippen molar-refractivity contribution in [2.45, 2.75) is 32.4 Å². The predicted molar refractivity (Wildman–Crippen MR) is 83.0 cm³/mol. The van der Waals surface area contributed by atoms with Gasteiger partial charge in [0.15, 0.2) is 0 Å². The Kier molecular flexibility index (Phi) is 8.14. The van der Waals surface area contributed by atoms with Gasteiger partial charge in [-0.3, -0.25) is 4.90 Å². The van der Waals surface area contributed by atoms with E-state index in [9.17, 15) is 0 Å². The molecule has 0 saturated heterocycles. The molecule has 0 aliphatic rings. The summed E-state index contributed by atoms with van der Waals surface area (Å²) < 4.78 is 0. The van der Waals surface area contributed by atoms with Gasteiger partial charge in [-0.25, -0.2) is 0 Å². The predicted octanol–water partition coefficient (Wildman–Crippen LogP) is 2.98. The molecule has 0 fully saturated rings. The van der Waals surface area contributed by atoms with E-state index in [0.29, 0.717) is 6.04 Å². The van der Waals surface area contributed by atoms with E-state index in [4.69, 9.17) is 5.73 Å². The normalized spacial score (nSPS) is 12.9. The molecule has 0 bridgehead atoms. The van der Waals surface area contributed by atoms with Gasteiger partial charge in [0.05, 0.1) is 0 Å². The van der Waals surface area contributed by atoms with E-state index >= 15 is 0 Å². The van der Waals surface area contributed by atoms with Crippen LogP contribution in [0.1, 0.15) is 25.3 Å². The molecular formula is C15H26N2S. The molecule has 18 heavy (non-hydrogen) atoms. The average molecular weight is 266 g/mol. The molecule has 0 heterocycles. The quantitative estimate of drug-likeness (QED) is 0.697. The zero-order valence-electron chi connectivity index (χ0n) is 11.6. The number of benzene rings is 1. The number of thioether (sulfide) groups is 1. The Labute approximate surface area is 116 Å². The fourth-order valence-corrected chi connectivity index (χ4v) is 2.69. The van der Waals surface area contributed by atoms with Crippen molar-refractivity contribution in [3.05, 3.63) is 35.9 Å². The summed E-state index contributed by atoms with van der Waals surface area (Å²) in [4.78, 5) is 2.50. The maximum absolute atomic E-state index is 5.94. The molecule has 1 aromatic rings. The summed E-state index contributed by atoms with van der Waals surface area (Å²) in [5, 5.41) is 0. The molecule has 102 valence electrons. The molecule has 0 aliphatic heterocycles. The fourth-order valence-electron chi connectivity index (χ4n) is 2.23. The molecule has 3 heteroatoms. The van der Waals surface area contributed by atoms with Gasteiger partial charge >= 0.3 is 0 Å². The zero-order chi connectivity index (χ0) is 13.2. The summed E-state index contributed by atoms with van der Waals surface area (Å²) in [7, 11) is 0. The summed E-state index contributed by atoms with van der Waals surface area (Å²) in [6.07, 6.45) is 4.63. The van der Waals surface area contributed by atoms with Gasteiger partial charge in [-0.05, 0) is 37.0 Å². The van der Waals surface area contributed by atoms with E-state index in [1.54, 1.807) is 0 Å². The van der Waals surface area contributed by atoms with Crippen LogP contribution in [0, 0.1) is 0 Å². The van der Waals surface area contributed by atoms with Crippen molar-refractivity contribution >= 4 is 11.8 Å². The van der Waals surface area contributed by atoms with Crippen molar-refractivity contribution < 1.29 is 0 Å². The highest BCUT2D eigenvalue weighted by Gasteiger charge is 2.15. The van der Waals surface area contributed by atoms with E-state index in [1.807, 2.05) is 11.8 Å². The molecule has 0 radical (unpaired) electrons. The molecule has 1 atom stereocenters. The number of rotatable bonds is 9. The van der Waals surface area contributed by atoms with Crippen LogP contribution in [-0.2, 0) is 6.54 Å². The van der Waals surface area contributed by atoms with Crippen LogP contribution in [-0.4, -0.2) is 36.0 Å². The third-order valence-corrected chi connectivity index (χ3v) is 4.01. The van der Waals surface area contributed by atoms with Gasteiger partial charge in [-0.2, -0.15) is 11.8 Å². The Hall–Kier alpha value is -0.510. The van der Waals surface area contributed by atoms with Gasteiger partial charge in [0.25, 0.3) is 0 Å². The topological polar surface area (TPSA) is 29.3 Å². The van der Waals surface area contributed by atoms with E-state index in [0.717, 1.165) is 19.6 Å². The van der Waals surface area contributed by atoms with Gasteiger partial charge in [-0.1, -0.05) is 37.3 Å². The molecule has 2 N–H and O–H groups in total. The van der Waals surface area contributed by atoms with Crippen LogP contribution in [0.4, 0.5) is 0 Å². The van der Waals surface area contributed by atoms with Crippen LogP contribution < -0.4 is 5.73 Å². The Morgan fingerprint density at radius 1 is 1.28 bits per heavy atom. The van der Waals surface area contributed by atoms with Crippen molar-refractivity contribution in [2.24, 2.45) is 5.73 Å². The molecule has 1 aromatic carbocycles. The van der Waals surface area contributed by atoms with Crippen LogP contribution in [0.3, 0.4) is 0 Å². The highest BCUT2D eigenvalue weighted by Crippen LogP contribution is 2.12. The van der Waals surface area contributed by atoms with E-state index < -0.39 is 0 Å². The molecule has 0 spiro atoms. The summed E-state index contributed by atoms with van der Waals surface area (Å²) in [5.41, 5.74) is 7.31. The van der Waals surface area contributed by atoms with Gasteiger partial charge < -0.3 is 5.73 Å². The lowest BCUT2D eigenvalue weighted by molar-refractivity contribution is 0.191. The van der Waals surface area contributed by atoms with E-state index in [-0.39, 0.29) is 0 Å². The minimum absolute atomic E-state index is 0.516. The molecular weight excluding hydrogens is 240 g/mol. The summed E-state index contributed by atoms with van der Waals surface area (Å²) in [6, 6.07) is 11.2. The van der Waals surface area contributed by atoms with Crippen LogP contribution in [0.25, 0.3) is 0 Å². The fraction of sp³-hybridized carbons (Fsp3) is 0.600. The van der Waals surface area contributed by atoms with Gasteiger partial charge in [0, 0.05) is 19.1 Å². The van der Waals surface area contributed by atoms with Crippen LogP contribution in [0.5, 0.6) is 0 Å². The smallest absolute Gasteiger partial charge is 0.0237 e. The van der Waals surface area contributed by atoms with E-state index in [2.05, 4.69) is 48.4 Å². The maximum Gasteiger partial charge on any atom is 0.0237 e. The second-order valence-corrected chi connectivity index (χ2v) is 5.56. The molecule has 1 rings (SSSR count). The first-order valence-electron chi connectivity index (χ1n) is 6.78. The molecule has 0 amide bonds. The first-order chi connectivity index (χ1) is 8.81. The standard InChI is InChI=1S/C15H26N2S/c1-3-17(13-14-8-5-4-6-9-14)15(12-16)10-7-11-18-2/h4-6,8-9,15H,3,7,10-13,16H2,1-2H3. The Morgan fingerprint density at radius 2 is 2.00 bits per heavy atom. The van der Waals surface area contributed by atoms with E-state index in [1.165, 1.54) is 24.2 Å². The van der Waals surface area contributed by atoms with Crippen LogP contribution in [0.2, 0.25) is 0 Å². The lowest BCUT2D eigenvalue weighted by Crippen LogP contribution is -2.40. The maximum atomic E-state index is 5.94. The summed E-state index contributed by atoms with van der Waals surface area (Å²) >= 11 is 1.92. The summed E-state index contributed by atoms with van der Waals surface area (Å²) in [5.74, 6) is 1.24. The SMILES string of the molecule is CCN(Cc1ccccc1)C(CN)CCCSC. The number of hydrogen-bond acceptors (Lipinski definition) is 3. The second kappa shape index (κ2) is 9.42. The van der Waals surface area contributed by atoms with Gasteiger partial charge in [0.1, 0.15) is 0 Å². The second-order valence-electron chi connectivity index (χ2n) is 4.57. The van der Waals surface area contributed by atoms with Crippen LogP contribution >= 0.6 is 11.8 Å². The van der Waals surface area contributed by atoms with Crippen LogP contribution in [0.15, 0.2) is 30.3 Å². The highest BCUT2D eigenvalue weighted by atomic mass is 32.2. The van der Waals surface area contributed by atoms with Crippen molar-refractivity contribution in [3.63, 3.8) is 0 Å². The minimum Gasteiger partial charge on any atom is -0.329 e. The lowest BCUT2D eigenvalue weighted by Gasteiger charge is -2.30. The number of likely N-dealkylation sites (N-methyl/N-ethyl adjacent to an activating group) is 1. The average Bonchev–Trinajstić information content (AvgIpc) is 2.43. The molecule has 0 aromatic heterocycles. The molecule has 0 aliphatic carbocycles. The molecule has 2 nitrogen and oxygen atoms in total. The number of hydrogen-bond donors (Lipinski definition) is 1. The lowest BCUT2D eigenvalue weighted by atomic mass is 10.1. The number of nitrogens with zero attached hydrogens (tertiary/aromatic N) is 1. The van der Waals surface area contributed by atoms with Gasteiger partial charge in [-0.15, -0.1) is 0 Å². The largest absolute Gasteiger partial charge is 0.329 e. The number of nitrogens with two attached hydrogens (primary N) is 1. The van der Waals surface area contributed by atoms with Crippen molar-refractivity contribution in [1.82, 2.24) is 4.90 Å². The minimum atomic E-state index is 0.516. The zero-order valence-corrected chi connectivity index (χ0v) is 12.5. The van der Waals surface area contributed by atoms with Crippen molar-refractivity contribution in [1.29, 1.82) is 0 Å². The molecule has 0 saturated carbocycles. The third-order valence-electron chi connectivity index (χ3n) is 3.31. The monoisotopic (exact) mass is 266 g/mol. The Bertz CT molecular complexity index is 303. The third kappa shape index (κ3) is 5.42. The highest BCUT2D eigenvalue weighted by molar-refractivity contribution is 7.98. The summed E-state index contributed by atoms with van der Waals surface area (Å²) in [6.45, 7) is 5.06. The Balaban J connectivity index is 2.51. The Morgan fingerprint density at radius 3 is 2.56 bits per heavy atom. The van der Waals surface area contributed by atoms with Crippen molar-refractivity contribution in [2.75, 3.05) is 25.1 Å².